The molecule has 0 aromatic heterocycles. The van der Waals surface area contributed by atoms with Crippen LogP contribution in [0.15, 0.2) is 0 Å². The first-order valence-corrected chi connectivity index (χ1v) is 7.45. The average molecular weight is 268 g/mol. The first-order valence-electron chi connectivity index (χ1n) is 4.32. The van der Waals surface area contributed by atoms with E-state index >= 15 is 0 Å². The van der Waals surface area contributed by atoms with Crippen molar-refractivity contribution in [2.24, 2.45) is 0 Å². The lowest BCUT2D eigenvalue weighted by molar-refractivity contribution is -0.121. The zero-order valence-corrected chi connectivity index (χ0v) is 10.8. The Morgan fingerprint density at radius 1 is 1.07 bits per heavy atom. The number of hydrogen-bond donors (Lipinski definition) is 4. The molecule has 0 aromatic carbocycles. The van der Waals surface area contributed by atoms with Gasteiger partial charge in [0.1, 0.15) is 0 Å². The van der Waals surface area contributed by atoms with Crippen molar-refractivity contribution in [3.05, 3.63) is 0 Å². The van der Waals surface area contributed by atoms with Gasteiger partial charge < -0.3 is 0 Å². The first-order chi connectivity index (χ1) is 6.66. The summed E-state index contributed by atoms with van der Waals surface area (Å²) < 4.78 is 0.203. The Bertz CT molecular complexity index is 218. The number of thioether (sulfide) groups is 2. The summed E-state index contributed by atoms with van der Waals surface area (Å²) in [5, 5.41) is 6.30. The maximum Gasteiger partial charge on any atom is 0.168 e. The Hall–Kier alpha value is 0.990. The van der Waals surface area contributed by atoms with Gasteiger partial charge in [-0.05, 0) is 0 Å². The number of carbonyl (C=O) groups is 1. The Labute approximate surface area is 103 Å². The molecule has 0 spiro atoms. The smallest absolute Gasteiger partial charge is 0.168 e. The number of thiol groups is 2. The van der Waals surface area contributed by atoms with E-state index in [9.17, 15) is 4.79 Å². The SMILES string of the molecule is O=C(C1CSC(S)N1)C1CSC(S)N1. The molecule has 2 aliphatic rings. The van der Waals surface area contributed by atoms with Crippen LogP contribution in [0.5, 0.6) is 0 Å². The summed E-state index contributed by atoms with van der Waals surface area (Å²) in [5.74, 6) is 1.90. The van der Waals surface area contributed by atoms with Gasteiger partial charge in [0.05, 0.1) is 21.5 Å². The topological polar surface area (TPSA) is 41.1 Å². The van der Waals surface area contributed by atoms with Gasteiger partial charge in [0, 0.05) is 11.5 Å². The van der Waals surface area contributed by atoms with Crippen LogP contribution >= 0.6 is 48.8 Å². The largest absolute Gasteiger partial charge is 0.296 e. The van der Waals surface area contributed by atoms with E-state index in [2.05, 4.69) is 35.9 Å². The third-order valence-electron chi connectivity index (χ3n) is 2.22. The van der Waals surface area contributed by atoms with Crippen molar-refractivity contribution >= 4 is 54.6 Å². The second-order valence-electron chi connectivity index (χ2n) is 3.21. The lowest BCUT2D eigenvalue weighted by atomic mass is 10.1. The molecule has 2 rings (SSSR count). The molecule has 3 nitrogen and oxygen atoms in total. The molecule has 14 heavy (non-hydrogen) atoms. The Kier molecular flexibility index (Phi) is 4.00. The highest BCUT2D eigenvalue weighted by Gasteiger charge is 2.35. The van der Waals surface area contributed by atoms with Crippen LogP contribution < -0.4 is 10.6 Å². The molecule has 2 fully saturated rings. The molecule has 0 aliphatic carbocycles. The molecular weight excluding hydrogens is 256 g/mol. The molecule has 7 heteroatoms. The molecule has 4 unspecified atom stereocenters. The lowest BCUT2D eigenvalue weighted by Gasteiger charge is -2.14. The molecule has 4 atom stereocenters. The second-order valence-corrected chi connectivity index (χ2v) is 7.22. The lowest BCUT2D eigenvalue weighted by Crippen LogP contribution is -2.47. The normalized spacial score (nSPS) is 43.0. The van der Waals surface area contributed by atoms with Crippen LogP contribution in [-0.4, -0.2) is 38.8 Å². The van der Waals surface area contributed by atoms with Gasteiger partial charge in [-0.3, -0.25) is 15.4 Å². The van der Waals surface area contributed by atoms with Crippen LogP contribution in [0, 0.1) is 0 Å². The number of ketones is 1. The molecule has 2 saturated heterocycles. The molecular formula is C7H12N2OS4. The van der Waals surface area contributed by atoms with Crippen molar-refractivity contribution < 1.29 is 4.79 Å². The molecule has 0 aromatic rings. The van der Waals surface area contributed by atoms with E-state index in [0.29, 0.717) is 0 Å². The minimum Gasteiger partial charge on any atom is -0.296 e. The van der Waals surface area contributed by atoms with Gasteiger partial charge in [0.15, 0.2) is 5.78 Å². The van der Waals surface area contributed by atoms with Gasteiger partial charge in [-0.2, -0.15) is 0 Å². The van der Waals surface area contributed by atoms with E-state index in [1.165, 1.54) is 0 Å². The summed E-state index contributed by atoms with van der Waals surface area (Å²) >= 11 is 11.9. The van der Waals surface area contributed by atoms with Crippen LogP contribution in [0.3, 0.4) is 0 Å². The fourth-order valence-electron chi connectivity index (χ4n) is 1.48. The van der Waals surface area contributed by atoms with Gasteiger partial charge in [0.2, 0.25) is 0 Å². The summed E-state index contributed by atoms with van der Waals surface area (Å²) in [7, 11) is 0. The van der Waals surface area contributed by atoms with Crippen LogP contribution in [0.1, 0.15) is 0 Å². The summed E-state index contributed by atoms with van der Waals surface area (Å²) in [4.78, 5) is 11.9. The van der Waals surface area contributed by atoms with E-state index in [-0.39, 0.29) is 27.3 Å². The first kappa shape index (κ1) is 11.5. The zero-order valence-electron chi connectivity index (χ0n) is 7.34. The fraction of sp³-hybridized carbons (Fsp3) is 0.857. The monoisotopic (exact) mass is 268 g/mol. The highest BCUT2D eigenvalue weighted by Crippen LogP contribution is 2.26. The Balaban J connectivity index is 1.89. The summed E-state index contributed by atoms with van der Waals surface area (Å²) in [6, 6.07) is -0.0848. The van der Waals surface area contributed by atoms with Crippen molar-refractivity contribution in [3.63, 3.8) is 0 Å². The van der Waals surface area contributed by atoms with E-state index in [1.54, 1.807) is 23.5 Å². The Morgan fingerprint density at radius 2 is 1.50 bits per heavy atom. The van der Waals surface area contributed by atoms with E-state index < -0.39 is 0 Å². The van der Waals surface area contributed by atoms with Gasteiger partial charge in [-0.1, -0.05) is 0 Å². The third kappa shape index (κ3) is 2.56. The van der Waals surface area contributed by atoms with Gasteiger partial charge in [-0.25, -0.2) is 0 Å². The summed E-state index contributed by atoms with van der Waals surface area (Å²) in [6.07, 6.45) is 0. The average Bonchev–Trinajstić information content (AvgIpc) is 2.73. The summed E-state index contributed by atoms with van der Waals surface area (Å²) in [6.45, 7) is 0. The van der Waals surface area contributed by atoms with E-state index in [0.717, 1.165) is 11.5 Å². The maximum absolute atomic E-state index is 11.9. The van der Waals surface area contributed by atoms with Crippen molar-refractivity contribution in [3.8, 4) is 0 Å². The maximum atomic E-state index is 11.9. The molecule has 2 N–H and O–H groups in total. The standard InChI is InChI=1S/C7H12N2OS4/c10-5(3-1-13-6(11)8-3)4-2-14-7(12)9-4/h3-4,6-9,11-12H,1-2H2. The molecule has 2 aliphatic heterocycles. The quantitative estimate of drug-likeness (QED) is 0.546. The second kappa shape index (κ2) is 4.88. The molecule has 0 bridgehead atoms. The van der Waals surface area contributed by atoms with Crippen LogP contribution in [0.4, 0.5) is 0 Å². The molecule has 0 saturated carbocycles. The number of rotatable bonds is 2. The number of hydrogen-bond acceptors (Lipinski definition) is 7. The van der Waals surface area contributed by atoms with Gasteiger partial charge in [-0.15, -0.1) is 48.8 Å². The van der Waals surface area contributed by atoms with Crippen LogP contribution in [-0.2, 0) is 4.79 Å². The Morgan fingerprint density at radius 3 is 1.79 bits per heavy atom. The predicted octanol–water partition coefficient (Wildman–Crippen LogP) is 0.392. The van der Waals surface area contributed by atoms with E-state index in [4.69, 9.17) is 0 Å². The molecule has 0 radical (unpaired) electrons. The molecule has 0 amide bonds. The third-order valence-corrected chi connectivity index (χ3v) is 5.36. The van der Waals surface area contributed by atoms with Gasteiger partial charge in [0.25, 0.3) is 0 Å². The van der Waals surface area contributed by atoms with Crippen molar-refractivity contribution in [2.45, 2.75) is 21.5 Å². The van der Waals surface area contributed by atoms with Gasteiger partial charge >= 0.3 is 0 Å². The fourth-order valence-corrected chi connectivity index (χ4v) is 4.15. The number of nitrogens with one attached hydrogen (secondary N) is 2. The van der Waals surface area contributed by atoms with Crippen LogP contribution in [0.2, 0.25) is 0 Å². The van der Waals surface area contributed by atoms with Crippen molar-refractivity contribution in [2.75, 3.05) is 11.5 Å². The molecule has 80 valence electrons. The highest BCUT2D eigenvalue weighted by molar-refractivity contribution is 8.10. The van der Waals surface area contributed by atoms with Crippen molar-refractivity contribution in [1.82, 2.24) is 10.6 Å². The van der Waals surface area contributed by atoms with E-state index in [1.807, 2.05) is 0 Å². The minimum absolute atomic E-state index is 0.0424. The summed E-state index contributed by atoms with van der Waals surface area (Å²) in [5.41, 5.74) is 0. The number of carbonyl (C=O) groups excluding carboxylic acids is 1. The van der Waals surface area contributed by atoms with Crippen LogP contribution in [0.25, 0.3) is 0 Å². The zero-order chi connectivity index (χ0) is 10.1. The minimum atomic E-state index is -0.0424. The molecule has 2 heterocycles. The van der Waals surface area contributed by atoms with Crippen molar-refractivity contribution in [1.29, 1.82) is 0 Å². The predicted molar refractivity (Wildman–Crippen MR) is 69.3 cm³/mol. The number of Topliss-reactive ketones (excluding diaryl/α,β-unsaturated/α-hetero) is 1. The highest BCUT2D eigenvalue weighted by atomic mass is 32.2.